The first kappa shape index (κ1) is 14.8. The SMILES string of the molecule is CCNCc1c(N(CCCO)C2CCC2)nc2sccn12. The van der Waals surface area contributed by atoms with Gasteiger partial charge in [0.2, 0.25) is 0 Å². The van der Waals surface area contributed by atoms with Crippen molar-refractivity contribution in [3.8, 4) is 0 Å². The highest BCUT2D eigenvalue weighted by Gasteiger charge is 2.29. The molecule has 3 rings (SSSR count). The van der Waals surface area contributed by atoms with Crippen molar-refractivity contribution in [3.05, 3.63) is 17.3 Å². The van der Waals surface area contributed by atoms with Crippen LogP contribution in [0.25, 0.3) is 4.96 Å². The Morgan fingerprint density at radius 1 is 1.52 bits per heavy atom. The number of hydrogen-bond acceptors (Lipinski definition) is 5. The molecule has 6 heteroatoms. The monoisotopic (exact) mass is 308 g/mol. The van der Waals surface area contributed by atoms with E-state index in [1.54, 1.807) is 11.3 Å². The van der Waals surface area contributed by atoms with Crippen LogP contribution in [-0.4, -0.2) is 40.2 Å². The summed E-state index contributed by atoms with van der Waals surface area (Å²) >= 11 is 1.68. The van der Waals surface area contributed by atoms with E-state index in [1.165, 1.54) is 25.0 Å². The molecule has 1 aliphatic rings. The Balaban J connectivity index is 1.92. The zero-order valence-electron chi connectivity index (χ0n) is 12.6. The van der Waals surface area contributed by atoms with Crippen LogP contribution < -0.4 is 10.2 Å². The molecule has 0 aromatic carbocycles. The lowest BCUT2D eigenvalue weighted by atomic mass is 9.91. The molecule has 0 amide bonds. The largest absolute Gasteiger partial charge is 0.396 e. The van der Waals surface area contributed by atoms with Gasteiger partial charge in [-0.1, -0.05) is 6.92 Å². The standard InChI is InChI=1S/C15H24N4OS/c1-2-16-11-13-14(17-15-19(13)8-10-21-15)18(7-4-9-20)12-5-3-6-12/h8,10,12,16,20H,2-7,9,11H2,1H3. The van der Waals surface area contributed by atoms with Crippen molar-refractivity contribution in [3.63, 3.8) is 0 Å². The van der Waals surface area contributed by atoms with E-state index in [4.69, 9.17) is 4.98 Å². The maximum atomic E-state index is 9.18. The Labute approximate surface area is 129 Å². The Morgan fingerprint density at radius 3 is 3.05 bits per heavy atom. The number of aliphatic hydroxyl groups is 1. The topological polar surface area (TPSA) is 52.8 Å². The molecule has 116 valence electrons. The smallest absolute Gasteiger partial charge is 0.195 e. The van der Waals surface area contributed by atoms with Crippen molar-refractivity contribution < 1.29 is 5.11 Å². The number of aromatic nitrogens is 2. The second-order valence-electron chi connectivity index (χ2n) is 5.57. The second-order valence-corrected chi connectivity index (χ2v) is 6.45. The van der Waals surface area contributed by atoms with Crippen molar-refractivity contribution in [2.24, 2.45) is 0 Å². The molecule has 21 heavy (non-hydrogen) atoms. The number of thiazole rings is 1. The molecule has 1 fully saturated rings. The van der Waals surface area contributed by atoms with Gasteiger partial charge in [-0.15, -0.1) is 11.3 Å². The van der Waals surface area contributed by atoms with Gasteiger partial charge in [-0.2, -0.15) is 0 Å². The van der Waals surface area contributed by atoms with Gasteiger partial charge in [-0.3, -0.25) is 4.40 Å². The van der Waals surface area contributed by atoms with Crippen LogP contribution >= 0.6 is 11.3 Å². The van der Waals surface area contributed by atoms with Gasteiger partial charge < -0.3 is 15.3 Å². The van der Waals surface area contributed by atoms with Crippen LogP contribution in [0, 0.1) is 0 Å². The fourth-order valence-electron chi connectivity index (χ4n) is 2.86. The number of rotatable bonds is 8. The molecule has 5 nitrogen and oxygen atoms in total. The highest BCUT2D eigenvalue weighted by molar-refractivity contribution is 7.15. The van der Waals surface area contributed by atoms with Crippen LogP contribution in [0.4, 0.5) is 5.82 Å². The quantitative estimate of drug-likeness (QED) is 0.785. The van der Waals surface area contributed by atoms with E-state index in [0.29, 0.717) is 6.04 Å². The fourth-order valence-corrected chi connectivity index (χ4v) is 3.59. The van der Waals surface area contributed by atoms with E-state index in [2.05, 4.69) is 33.1 Å². The summed E-state index contributed by atoms with van der Waals surface area (Å²) in [5.41, 5.74) is 1.25. The summed E-state index contributed by atoms with van der Waals surface area (Å²) in [6.07, 6.45) is 6.72. The van der Waals surface area contributed by atoms with Gasteiger partial charge in [0, 0.05) is 37.3 Å². The first-order valence-electron chi connectivity index (χ1n) is 7.87. The van der Waals surface area contributed by atoms with Gasteiger partial charge in [0.1, 0.15) is 0 Å². The van der Waals surface area contributed by atoms with E-state index < -0.39 is 0 Å². The maximum Gasteiger partial charge on any atom is 0.195 e. The molecule has 0 spiro atoms. The number of imidazole rings is 1. The molecular formula is C15H24N4OS. The van der Waals surface area contributed by atoms with Crippen LogP contribution in [0.2, 0.25) is 0 Å². The van der Waals surface area contributed by atoms with Crippen molar-refractivity contribution in [2.45, 2.75) is 45.2 Å². The van der Waals surface area contributed by atoms with Gasteiger partial charge in [0.05, 0.1) is 5.69 Å². The molecule has 1 saturated carbocycles. The first-order valence-corrected chi connectivity index (χ1v) is 8.75. The molecule has 1 aliphatic carbocycles. The zero-order chi connectivity index (χ0) is 14.7. The summed E-state index contributed by atoms with van der Waals surface area (Å²) < 4.78 is 2.20. The minimum Gasteiger partial charge on any atom is -0.396 e. The third kappa shape index (κ3) is 2.93. The van der Waals surface area contributed by atoms with Crippen molar-refractivity contribution >= 4 is 22.1 Å². The molecule has 2 aromatic rings. The number of nitrogens with zero attached hydrogens (tertiary/aromatic N) is 3. The Bertz CT molecular complexity index is 575. The van der Waals surface area contributed by atoms with Crippen LogP contribution in [0.5, 0.6) is 0 Å². The number of aliphatic hydroxyl groups excluding tert-OH is 1. The highest BCUT2D eigenvalue weighted by Crippen LogP contribution is 2.32. The zero-order valence-corrected chi connectivity index (χ0v) is 13.4. The molecule has 0 unspecified atom stereocenters. The molecular weight excluding hydrogens is 284 g/mol. The third-order valence-corrected chi connectivity index (χ3v) is 4.98. The third-order valence-electron chi connectivity index (χ3n) is 4.23. The summed E-state index contributed by atoms with van der Waals surface area (Å²) in [5.74, 6) is 1.11. The average molecular weight is 308 g/mol. The minimum atomic E-state index is 0.244. The van der Waals surface area contributed by atoms with E-state index >= 15 is 0 Å². The molecule has 0 aliphatic heterocycles. The van der Waals surface area contributed by atoms with E-state index in [1.807, 2.05) is 0 Å². The van der Waals surface area contributed by atoms with Crippen LogP contribution in [-0.2, 0) is 6.54 Å². The van der Waals surface area contributed by atoms with Gasteiger partial charge in [-0.25, -0.2) is 4.98 Å². The predicted molar refractivity (Wildman–Crippen MR) is 87.1 cm³/mol. The van der Waals surface area contributed by atoms with E-state index in [0.717, 1.165) is 36.8 Å². The molecule has 0 radical (unpaired) electrons. The summed E-state index contributed by atoms with van der Waals surface area (Å²) in [7, 11) is 0. The van der Waals surface area contributed by atoms with Crippen molar-refractivity contribution in [1.82, 2.24) is 14.7 Å². The number of anilines is 1. The van der Waals surface area contributed by atoms with Gasteiger partial charge >= 0.3 is 0 Å². The summed E-state index contributed by atoms with van der Waals surface area (Å²) in [6.45, 7) is 5.06. The van der Waals surface area contributed by atoms with Gasteiger partial charge in [0.15, 0.2) is 10.8 Å². The molecule has 2 heterocycles. The maximum absolute atomic E-state index is 9.18. The lowest BCUT2D eigenvalue weighted by Gasteiger charge is -2.38. The highest BCUT2D eigenvalue weighted by atomic mass is 32.1. The normalized spacial score (nSPS) is 15.5. The Kier molecular flexibility index (Phi) is 4.77. The predicted octanol–water partition coefficient (Wildman–Crippen LogP) is 2.25. The second kappa shape index (κ2) is 6.77. The van der Waals surface area contributed by atoms with Crippen molar-refractivity contribution in [2.75, 3.05) is 24.6 Å². The van der Waals surface area contributed by atoms with Gasteiger partial charge in [0.25, 0.3) is 0 Å². The number of nitrogens with one attached hydrogen (secondary N) is 1. The van der Waals surface area contributed by atoms with Crippen molar-refractivity contribution in [1.29, 1.82) is 0 Å². The average Bonchev–Trinajstić information content (AvgIpc) is 3.00. The summed E-state index contributed by atoms with van der Waals surface area (Å²) in [5, 5.41) is 14.7. The van der Waals surface area contributed by atoms with Gasteiger partial charge in [-0.05, 0) is 32.2 Å². The minimum absolute atomic E-state index is 0.244. The lowest BCUT2D eigenvalue weighted by molar-refractivity contribution is 0.282. The molecule has 2 N–H and O–H groups in total. The van der Waals surface area contributed by atoms with Crippen LogP contribution in [0.15, 0.2) is 11.6 Å². The number of hydrogen-bond donors (Lipinski definition) is 2. The van der Waals surface area contributed by atoms with E-state index in [-0.39, 0.29) is 6.61 Å². The van der Waals surface area contributed by atoms with Crippen LogP contribution in [0.1, 0.15) is 38.3 Å². The summed E-state index contributed by atoms with van der Waals surface area (Å²) in [4.78, 5) is 8.35. The fraction of sp³-hybridized carbons (Fsp3) is 0.667. The lowest BCUT2D eigenvalue weighted by Crippen LogP contribution is -2.42. The molecule has 0 saturated heterocycles. The molecule has 0 bridgehead atoms. The van der Waals surface area contributed by atoms with E-state index in [9.17, 15) is 5.11 Å². The Morgan fingerprint density at radius 2 is 2.38 bits per heavy atom. The first-order chi connectivity index (χ1) is 10.3. The van der Waals surface area contributed by atoms with Crippen LogP contribution in [0.3, 0.4) is 0 Å². The molecule has 0 atom stereocenters. The Hall–Kier alpha value is -1.11. The summed E-state index contributed by atoms with van der Waals surface area (Å²) in [6, 6.07) is 0.599. The number of fused-ring (bicyclic) bond motifs is 1. The molecule has 2 aromatic heterocycles.